The second-order valence-electron chi connectivity index (χ2n) is 5.44. The lowest BCUT2D eigenvalue weighted by Crippen LogP contribution is -2.39. The standard InChI is InChI=1S/C16H23ClN2O/c1-2-15(12-7-9-13(17)10-8-12)19-16(20)11-18-14-5-3-4-6-14/h7-10,14-15,18H,2-6,11H2,1H3,(H,19,20). The molecule has 1 aromatic carbocycles. The highest BCUT2D eigenvalue weighted by molar-refractivity contribution is 6.30. The molecule has 1 aromatic rings. The Morgan fingerprint density at radius 3 is 2.55 bits per heavy atom. The van der Waals surface area contributed by atoms with Gasteiger partial charge in [-0.25, -0.2) is 0 Å². The molecule has 0 saturated heterocycles. The van der Waals surface area contributed by atoms with Gasteiger partial charge >= 0.3 is 0 Å². The van der Waals surface area contributed by atoms with E-state index >= 15 is 0 Å². The lowest BCUT2D eigenvalue weighted by molar-refractivity contribution is -0.121. The lowest BCUT2D eigenvalue weighted by atomic mass is 10.0. The number of benzene rings is 1. The smallest absolute Gasteiger partial charge is 0.234 e. The van der Waals surface area contributed by atoms with Crippen LogP contribution in [0.15, 0.2) is 24.3 Å². The summed E-state index contributed by atoms with van der Waals surface area (Å²) in [6.07, 6.45) is 5.82. The normalized spacial score (nSPS) is 17.1. The number of rotatable bonds is 6. The zero-order chi connectivity index (χ0) is 14.4. The van der Waals surface area contributed by atoms with Crippen molar-refractivity contribution in [3.05, 3.63) is 34.9 Å². The van der Waals surface area contributed by atoms with E-state index in [0.29, 0.717) is 12.6 Å². The van der Waals surface area contributed by atoms with E-state index in [4.69, 9.17) is 11.6 Å². The summed E-state index contributed by atoms with van der Waals surface area (Å²) in [5.41, 5.74) is 1.10. The number of carbonyl (C=O) groups excluding carboxylic acids is 1. The molecule has 0 bridgehead atoms. The zero-order valence-electron chi connectivity index (χ0n) is 12.0. The van der Waals surface area contributed by atoms with Crippen molar-refractivity contribution in [1.29, 1.82) is 0 Å². The van der Waals surface area contributed by atoms with Crippen molar-refractivity contribution in [3.63, 3.8) is 0 Å². The number of hydrogen-bond donors (Lipinski definition) is 2. The molecule has 0 aliphatic heterocycles. The summed E-state index contributed by atoms with van der Waals surface area (Å²) < 4.78 is 0. The van der Waals surface area contributed by atoms with E-state index in [1.165, 1.54) is 25.7 Å². The Morgan fingerprint density at radius 2 is 1.95 bits per heavy atom. The molecule has 0 heterocycles. The average molecular weight is 295 g/mol. The highest BCUT2D eigenvalue weighted by Gasteiger charge is 2.17. The summed E-state index contributed by atoms with van der Waals surface area (Å²) in [6, 6.07) is 8.26. The summed E-state index contributed by atoms with van der Waals surface area (Å²) in [7, 11) is 0. The van der Waals surface area contributed by atoms with E-state index in [0.717, 1.165) is 17.0 Å². The van der Waals surface area contributed by atoms with Crippen LogP contribution in [0.1, 0.15) is 50.6 Å². The molecule has 1 fully saturated rings. The van der Waals surface area contributed by atoms with E-state index in [2.05, 4.69) is 17.6 Å². The van der Waals surface area contributed by atoms with Crippen molar-refractivity contribution in [2.75, 3.05) is 6.54 Å². The van der Waals surface area contributed by atoms with Crippen LogP contribution < -0.4 is 10.6 Å². The maximum absolute atomic E-state index is 12.0. The van der Waals surface area contributed by atoms with Gasteiger partial charge in [0.1, 0.15) is 0 Å². The van der Waals surface area contributed by atoms with E-state index in [-0.39, 0.29) is 11.9 Å². The summed E-state index contributed by atoms with van der Waals surface area (Å²) in [4.78, 5) is 12.0. The van der Waals surface area contributed by atoms with Gasteiger partial charge in [0.2, 0.25) is 5.91 Å². The fourth-order valence-electron chi connectivity index (χ4n) is 2.73. The quantitative estimate of drug-likeness (QED) is 0.844. The van der Waals surface area contributed by atoms with E-state index in [9.17, 15) is 4.79 Å². The molecule has 0 radical (unpaired) electrons. The average Bonchev–Trinajstić information content (AvgIpc) is 2.97. The fraction of sp³-hybridized carbons (Fsp3) is 0.562. The topological polar surface area (TPSA) is 41.1 Å². The highest BCUT2D eigenvalue weighted by Crippen LogP contribution is 2.19. The third-order valence-corrected chi connectivity index (χ3v) is 4.17. The van der Waals surface area contributed by atoms with Gasteiger partial charge in [-0.05, 0) is 37.0 Å². The van der Waals surface area contributed by atoms with E-state index < -0.39 is 0 Å². The van der Waals surface area contributed by atoms with Crippen LogP contribution in [0.2, 0.25) is 5.02 Å². The highest BCUT2D eigenvalue weighted by atomic mass is 35.5. The van der Waals surface area contributed by atoms with Crippen LogP contribution >= 0.6 is 11.6 Å². The predicted octanol–water partition coefficient (Wildman–Crippen LogP) is 3.44. The first kappa shape index (κ1) is 15.3. The van der Waals surface area contributed by atoms with Crippen molar-refractivity contribution in [2.45, 2.75) is 51.1 Å². The molecule has 1 aliphatic carbocycles. The minimum absolute atomic E-state index is 0.0603. The predicted molar refractivity (Wildman–Crippen MR) is 82.9 cm³/mol. The molecule has 0 aromatic heterocycles. The number of nitrogens with one attached hydrogen (secondary N) is 2. The molecule has 1 saturated carbocycles. The molecular weight excluding hydrogens is 272 g/mol. The molecule has 0 spiro atoms. The third-order valence-electron chi connectivity index (χ3n) is 3.92. The van der Waals surface area contributed by atoms with Crippen molar-refractivity contribution in [1.82, 2.24) is 10.6 Å². The van der Waals surface area contributed by atoms with Crippen LogP contribution in [-0.4, -0.2) is 18.5 Å². The van der Waals surface area contributed by atoms with Crippen LogP contribution in [0.3, 0.4) is 0 Å². The van der Waals surface area contributed by atoms with Crippen molar-refractivity contribution in [3.8, 4) is 0 Å². The van der Waals surface area contributed by atoms with Gasteiger partial charge in [-0.2, -0.15) is 0 Å². The minimum Gasteiger partial charge on any atom is -0.348 e. The second kappa shape index (κ2) is 7.65. The Bertz CT molecular complexity index is 427. The molecule has 110 valence electrons. The second-order valence-corrected chi connectivity index (χ2v) is 5.88. The molecule has 1 unspecified atom stereocenters. The Morgan fingerprint density at radius 1 is 1.30 bits per heavy atom. The summed E-state index contributed by atoms with van der Waals surface area (Å²) >= 11 is 5.89. The minimum atomic E-state index is 0.0603. The number of halogens is 1. The number of amides is 1. The maximum atomic E-state index is 12.0. The van der Waals surface area contributed by atoms with Gasteiger partial charge < -0.3 is 10.6 Å². The van der Waals surface area contributed by atoms with Crippen molar-refractivity contribution in [2.24, 2.45) is 0 Å². The van der Waals surface area contributed by atoms with E-state index in [1.54, 1.807) is 0 Å². The summed E-state index contributed by atoms with van der Waals surface area (Å²) in [5, 5.41) is 7.14. The molecule has 2 N–H and O–H groups in total. The van der Waals surface area contributed by atoms with Crippen molar-refractivity contribution < 1.29 is 4.79 Å². The molecule has 2 rings (SSSR count). The molecule has 3 nitrogen and oxygen atoms in total. The van der Waals surface area contributed by atoms with Crippen LogP contribution in [0.25, 0.3) is 0 Å². The van der Waals surface area contributed by atoms with Crippen LogP contribution in [0.5, 0.6) is 0 Å². The van der Waals surface area contributed by atoms with E-state index in [1.807, 2.05) is 24.3 Å². The van der Waals surface area contributed by atoms with Gasteiger partial charge in [-0.1, -0.05) is 43.5 Å². The molecule has 4 heteroatoms. The van der Waals surface area contributed by atoms with Crippen LogP contribution in [0, 0.1) is 0 Å². The molecule has 1 aliphatic rings. The Kier molecular flexibility index (Phi) is 5.86. The monoisotopic (exact) mass is 294 g/mol. The molecule has 20 heavy (non-hydrogen) atoms. The van der Waals surface area contributed by atoms with Gasteiger partial charge in [0.25, 0.3) is 0 Å². The summed E-state index contributed by atoms with van der Waals surface area (Å²) in [5.74, 6) is 0.0682. The molecular formula is C16H23ClN2O. The van der Waals surface area contributed by atoms with Gasteiger partial charge in [-0.3, -0.25) is 4.79 Å². The van der Waals surface area contributed by atoms with Crippen LogP contribution in [0.4, 0.5) is 0 Å². The largest absolute Gasteiger partial charge is 0.348 e. The Balaban J connectivity index is 1.82. The van der Waals surface area contributed by atoms with Gasteiger partial charge in [0.05, 0.1) is 12.6 Å². The molecule has 1 amide bonds. The van der Waals surface area contributed by atoms with Gasteiger partial charge in [-0.15, -0.1) is 0 Å². The SMILES string of the molecule is CCC(NC(=O)CNC1CCCC1)c1ccc(Cl)cc1. The van der Waals surface area contributed by atoms with Gasteiger partial charge in [0.15, 0.2) is 0 Å². The van der Waals surface area contributed by atoms with Crippen molar-refractivity contribution >= 4 is 17.5 Å². The molecule has 1 atom stereocenters. The number of carbonyl (C=O) groups is 1. The first-order valence-electron chi connectivity index (χ1n) is 7.47. The fourth-order valence-corrected chi connectivity index (χ4v) is 2.85. The summed E-state index contributed by atoms with van der Waals surface area (Å²) in [6.45, 7) is 2.48. The Hall–Kier alpha value is -1.06. The third kappa shape index (κ3) is 4.50. The first-order chi connectivity index (χ1) is 9.69. The Labute approximate surface area is 126 Å². The van der Waals surface area contributed by atoms with Crippen LogP contribution in [-0.2, 0) is 4.79 Å². The number of hydrogen-bond acceptors (Lipinski definition) is 2. The zero-order valence-corrected chi connectivity index (χ0v) is 12.7. The lowest BCUT2D eigenvalue weighted by Gasteiger charge is -2.19. The van der Waals surface area contributed by atoms with Gasteiger partial charge in [0, 0.05) is 11.1 Å². The first-order valence-corrected chi connectivity index (χ1v) is 7.85. The maximum Gasteiger partial charge on any atom is 0.234 e.